The molecule has 0 spiro atoms. The van der Waals surface area contributed by atoms with E-state index in [9.17, 15) is 4.39 Å². The van der Waals surface area contributed by atoms with Crippen molar-refractivity contribution in [3.8, 4) is 0 Å². The van der Waals surface area contributed by atoms with Crippen LogP contribution in [0.25, 0.3) is 10.9 Å². The van der Waals surface area contributed by atoms with Crippen LogP contribution in [0.1, 0.15) is 18.7 Å². The summed E-state index contributed by atoms with van der Waals surface area (Å²) in [6.07, 6.45) is 3.31. The first kappa shape index (κ1) is 13.2. The lowest BCUT2D eigenvalue weighted by Crippen LogP contribution is -2.09. The zero-order valence-electron chi connectivity index (χ0n) is 11.4. The van der Waals surface area contributed by atoms with Gasteiger partial charge in [-0.2, -0.15) is 0 Å². The minimum absolute atomic E-state index is 0.0752. The van der Waals surface area contributed by atoms with Crippen molar-refractivity contribution in [3.63, 3.8) is 0 Å². The number of pyridine rings is 1. The van der Waals surface area contributed by atoms with Gasteiger partial charge in [0.05, 0.1) is 17.3 Å². The molecular weight excluding hydrogens is 269 g/mol. The smallest absolute Gasteiger partial charge is 0.220 e. The number of fused-ring (bicyclic) bond motifs is 1. The second kappa shape index (κ2) is 5.32. The molecule has 0 saturated carbocycles. The lowest BCUT2D eigenvalue weighted by atomic mass is 10.1. The molecule has 0 fully saturated rings. The molecule has 3 N–H and O–H groups in total. The van der Waals surface area contributed by atoms with Gasteiger partial charge in [-0.15, -0.1) is 0 Å². The molecule has 5 nitrogen and oxygen atoms in total. The van der Waals surface area contributed by atoms with Crippen LogP contribution in [-0.4, -0.2) is 15.0 Å². The molecule has 2 aromatic heterocycles. The van der Waals surface area contributed by atoms with Crippen molar-refractivity contribution in [3.05, 3.63) is 54.2 Å². The van der Waals surface area contributed by atoms with Gasteiger partial charge in [0.2, 0.25) is 5.95 Å². The maximum atomic E-state index is 13.7. The van der Waals surface area contributed by atoms with E-state index >= 15 is 0 Å². The van der Waals surface area contributed by atoms with Gasteiger partial charge in [-0.3, -0.25) is 4.98 Å². The molecule has 0 unspecified atom stereocenters. The average molecular weight is 283 g/mol. The number of hydrogen-bond donors (Lipinski definition) is 2. The van der Waals surface area contributed by atoms with E-state index in [1.54, 1.807) is 12.4 Å². The minimum atomic E-state index is -0.378. The van der Waals surface area contributed by atoms with E-state index in [2.05, 4.69) is 20.3 Å². The van der Waals surface area contributed by atoms with Gasteiger partial charge < -0.3 is 11.1 Å². The van der Waals surface area contributed by atoms with Crippen LogP contribution in [0, 0.1) is 5.82 Å². The Hall–Kier alpha value is -2.76. The first-order valence-electron chi connectivity index (χ1n) is 6.53. The van der Waals surface area contributed by atoms with E-state index in [-0.39, 0.29) is 17.8 Å². The predicted octanol–water partition coefficient (Wildman–Crippen LogP) is 2.92. The number of aromatic nitrogens is 3. The van der Waals surface area contributed by atoms with Crippen LogP contribution in [0.3, 0.4) is 0 Å². The van der Waals surface area contributed by atoms with Crippen LogP contribution in [0.2, 0.25) is 0 Å². The molecule has 3 rings (SSSR count). The fourth-order valence-corrected chi connectivity index (χ4v) is 2.17. The Kier molecular flexibility index (Phi) is 3.35. The topological polar surface area (TPSA) is 76.7 Å². The molecule has 1 aromatic carbocycles. The summed E-state index contributed by atoms with van der Waals surface area (Å²) in [6.45, 7) is 1.96. The van der Waals surface area contributed by atoms with E-state index in [0.29, 0.717) is 16.6 Å². The largest absolute Gasteiger partial charge is 0.376 e. The maximum Gasteiger partial charge on any atom is 0.220 e. The Morgan fingerprint density at radius 3 is 2.86 bits per heavy atom. The molecule has 0 aliphatic rings. The zero-order chi connectivity index (χ0) is 14.8. The van der Waals surface area contributed by atoms with Gasteiger partial charge in [0, 0.05) is 29.5 Å². The monoisotopic (exact) mass is 283 g/mol. The Labute approximate surface area is 121 Å². The van der Waals surface area contributed by atoms with Crippen LogP contribution in [0.4, 0.5) is 16.0 Å². The maximum absolute atomic E-state index is 13.7. The molecule has 0 bridgehead atoms. The van der Waals surface area contributed by atoms with Crippen LogP contribution >= 0.6 is 0 Å². The number of hydrogen-bond acceptors (Lipinski definition) is 5. The van der Waals surface area contributed by atoms with Gasteiger partial charge in [-0.1, -0.05) is 6.07 Å². The van der Waals surface area contributed by atoms with Gasteiger partial charge in [0.15, 0.2) is 0 Å². The Balaban J connectivity index is 2.00. The molecule has 0 saturated heterocycles. The van der Waals surface area contributed by atoms with Gasteiger partial charge in [-0.25, -0.2) is 14.4 Å². The molecule has 3 aromatic rings. The molecule has 0 amide bonds. The zero-order valence-corrected chi connectivity index (χ0v) is 11.4. The third-order valence-electron chi connectivity index (χ3n) is 3.19. The fourth-order valence-electron chi connectivity index (χ4n) is 2.17. The lowest BCUT2D eigenvalue weighted by molar-refractivity contribution is 0.629. The number of benzene rings is 1. The van der Waals surface area contributed by atoms with E-state index < -0.39 is 0 Å². The van der Waals surface area contributed by atoms with E-state index in [4.69, 9.17) is 5.73 Å². The molecular formula is C15H14FN5. The van der Waals surface area contributed by atoms with E-state index in [1.165, 1.54) is 12.1 Å². The summed E-state index contributed by atoms with van der Waals surface area (Å²) in [6, 6.07) is 8.35. The van der Waals surface area contributed by atoms with Crippen molar-refractivity contribution in [2.24, 2.45) is 0 Å². The van der Waals surface area contributed by atoms with Crippen LogP contribution in [0.5, 0.6) is 0 Å². The Morgan fingerprint density at radius 2 is 2.10 bits per heavy atom. The summed E-state index contributed by atoms with van der Waals surface area (Å²) in [5.74, 6) is -0.256. The van der Waals surface area contributed by atoms with Crippen LogP contribution < -0.4 is 11.1 Å². The first-order chi connectivity index (χ1) is 10.1. The molecule has 2 heterocycles. The van der Waals surface area contributed by atoms with Crippen LogP contribution in [-0.2, 0) is 0 Å². The van der Waals surface area contributed by atoms with Crippen molar-refractivity contribution in [1.29, 1.82) is 0 Å². The van der Waals surface area contributed by atoms with Gasteiger partial charge in [0.25, 0.3) is 0 Å². The lowest BCUT2D eigenvalue weighted by Gasteiger charge is -2.16. The number of rotatable bonds is 3. The van der Waals surface area contributed by atoms with Crippen molar-refractivity contribution in [1.82, 2.24) is 15.0 Å². The summed E-state index contributed by atoms with van der Waals surface area (Å²) in [5, 5.41) is 3.95. The van der Waals surface area contributed by atoms with Crippen LogP contribution in [0.15, 0.2) is 42.7 Å². The third-order valence-corrected chi connectivity index (χ3v) is 3.19. The highest BCUT2D eigenvalue weighted by Gasteiger charge is 2.11. The second-order valence-electron chi connectivity index (χ2n) is 4.73. The summed E-state index contributed by atoms with van der Waals surface area (Å²) in [5.41, 5.74) is 7.49. The first-order valence-corrected chi connectivity index (χ1v) is 6.53. The van der Waals surface area contributed by atoms with E-state index in [0.717, 1.165) is 5.69 Å². The average Bonchev–Trinajstić information content (AvgIpc) is 2.47. The summed E-state index contributed by atoms with van der Waals surface area (Å²) in [7, 11) is 0. The molecule has 0 radical (unpaired) electrons. The van der Waals surface area contributed by atoms with Crippen molar-refractivity contribution < 1.29 is 4.39 Å². The molecule has 0 aliphatic carbocycles. The van der Waals surface area contributed by atoms with Gasteiger partial charge >= 0.3 is 0 Å². The quantitative estimate of drug-likeness (QED) is 0.773. The third kappa shape index (κ3) is 2.74. The molecule has 6 heteroatoms. The number of nitrogens with zero attached hydrogens (tertiary/aromatic N) is 3. The standard InChI is InChI=1S/C15H14FN5/c1-9(12-4-2-3-5-18-12)20-13-6-10(16)7-14-11(13)8-19-15(17)21-14/h2-9,20H,1H3,(H2,17,19,21)/t9-/m1/s1. The van der Waals surface area contributed by atoms with Crippen molar-refractivity contribution >= 4 is 22.5 Å². The SMILES string of the molecule is C[C@@H](Nc1cc(F)cc2nc(N)ncc12)c1ccccn1. The van der Waals surface area contributed by atoms with Crippen molar-refractivity contribution in [2.45, 2.75) is 13.0 Å². The normalized spacial score (nSPS) is 12.3. The molecule has 1 atom stereocenters. The Morgan fingerprint density at radius 1 is 1.24 bits per heavy atom. The summed E-state index contributed by atoms with van der Waals surface area (Å²) >= 11 is 0. The minimum Gasteiger partial charge on any atom is -0.376 e. The molecule has 0 aliphatic heterocycles. The van der Waals surface area contributed by atoms with Gasteiger partial charge in [-0.05, 0) is 25.1 Å². The predicted molar refractivity (Wildman–Crippen MR) is 80.2 cm³/mol. The molecule has 21 heavy (non-hydrogen) atoms. The molecule has 106 valence electrons. The second-order valence-corrected chi connectivity index (χ2v) is 4.73. The highest BCUT2D eigenvalue weighted by atomic mass is 19.1. The Bertz CT molecular complexity index is 770. The number of nitrogens with one attached hydrogen (secondary N) is 1. The van der Waals surface area contributed by atoms with Crippen molar-refractivity contribution in [2.75, 3.05) is 11.1 Å². The highest BCUT2D eigenvalue weighted by molar-refractivity contribution is 5.91. The number of nitrogens with two attached hydrogens (primary N) is 1. The number of halogens is 1. The fraction of sp³-hybridized carbons (Fsp3) is 0.133. The highest BCUT2D eigenvalue weighted by Crippen LogP contribution is 2.27. The van der Waals surface area contributed by atoms with Gasteiger partial charge in [0.1, 0.15) is 5.82 Å². The summed E-state index contributed by atoms with van der Waals surface area (Å²) in [4.78, 5) is 12.3. The summed E-state index contributed by atoms with van der Waals surface area (Å²) < 4.78 is 13.7. The van der Waals surface area contributed by atoms with E-state index in [1.807, 2.05) is 25.1 Å². The number of nitrogen functional groups attached to an aromatic ring is 1. The number of anilines is 2.